The molecule has 3 N–H and O–H groups in total. The van der Waals surface area contributed by atoms with Gasteiger partial charge in [-0.2, -0.15) is 0 Å². The van der Waals surface area contributed by atoms with Crippen LogP contribution in [0.1, 0.15) is 64.7 Å². The van der Waals surface area contributed by atoms with Crippen molar-refractivity contribution in [2.45, 2.75) is 70.3 Å². The highest BCUT2D eigenvalue weighted by Gasteiger charge is 2.44. The SMILES string of the molecule is CC1CCCC(CN)(CN2CCC3(O)CCCCC3C2)C1. The first-order chi connectivity index (χ1) is 10.1. The van der Waals surface area contributed by atoms with Crippen molar-refractivity contribution in [3.05, 3.63) is 0 Å². The highest BCUT2D eigenvalue weighted by molar-refractivity contribution is 4.98. The van der Waals surface area contributed by atoms with Crippen LogP contribution in [-0.2, 0) is 0 Å². The standard InChI is InChI=1S/C18H34N2O/c1-15-5-4-7-17(11-15,13-19)14-20-10-9-18(21)8-3-2-6-16(18)12-20/h15-16,21H,2-14,19H2,1H3. The first-order valence-corrected chi connectivity index (χ1v) is 9.20. The number of aliphatic hydroxyl groups is 1. The van der Waals surface area contributed by atoms with Gasteiger partial charge in [0.2, 0.25) is 0 Å². The minimum absolute atomic E-state index is 0.343. The van der Waals surface area contributed by atoms with E-state index in [1.807, 2.05) is 0 Å². The van der Waals surface area contributed by atoms with Crippen LogP contribution in [0.15, 0.2) is 0 Å². The Morgan fingerprint density at radius 1 is 1.14 bits per heavy atom. The Morgan fingerprint density at radius 2 is 2.00 bits per heavy atom. The molecule has 0 radical (unpaired) electrons. The van der Waals surface area contributed by atoms with Crippen molar-refractivity contribution in [2.75, 3.05) is 26.2 Å². The molecule has 3 rings (SSSR count). The van der Waals surface area contributed by atoms with Gasteiger partial charge in [0, 0.05) is 25.6 Å². The van der Waals surface area contributed by atoms with Crippen LogP contribution in [0.2, 0.25) is 0 Å². The summed E-state index contributed by atoms with van der Waals surface area (Å²) in [7, 11) is 0. The number of hydrogen-bond donors (Lipinski definition) is 2. The molecule has 3 aliphatic rings. The Bertz CT molecular complexity index is 361. The molecule has 21 heavy (non-hydrogen) atoms. The van der Waals surface area contributed by atoms with Crippen molar-refractivity contribution in [3.63, 3.8) is 0 Å². The molecule has 1 aliphatic heterocycles. The number of likely N-dealkylation sites (tertiary alicyclic amines) is 1. The molecule has 3 fully saturated rings. The number of rotatable bonds is 3. The zero-order valence-corrected chi connectivity index (χ0v) is 13.8. The second-order valence-electron chi connectivity index (χ2n) is 8.44. The van der Waals surface area contributed by atoms with Gasteiger partial charge in [-0.3, -0.25) is 0 Å². The Morgan fingerprint density at radius 3 is 2.76 bits per heavy atom. The Balaban J connectivity index is 1.62. The van der Waals surface area contributed by atoms with E-state index < -0.39 is 0 Å². The average molecular weight is 294 g/mol. The lowest BCUT2D eigenvalue weighted by Crippen LogP contribution is -2.56. The number of hydrogen-bond acceptors (Lipinski definition) is 3. The van der Waals surface area contributed by atoms with Crippen LogP contribution < -0.4 is 5.73 Å². The lowest BCUT2D eigenvalue weighted by Gasteiger charge is -2.50. The van der Waals surface area contributed by atoms with Gasteiger partial charge in [0.25, 0.3) is 0 Å². The summed E-state index contributed by atoms with van der Waals surface area (Å²) in [4.78, 5) is 2.63. The molecule has 1 saturated heterocycles. The van der Waals surface area contributed by atoms with E-state index in [4.69, 9.17) is 5.73 Å². The van der Waals surface area contributed by atoms with Crippen LogP contribution in [0.4, 0.5) is 0 Å². The fourth-order valence-corrected chi connectivity index (χ4v) is 5.42. The van der Waals surface area contributed by atoms with E-state index in [-0.39, 0.29) is 5.60 Å². The topological polar surface area (TPSA) is 49.5 Å². The average Bonchev–Trinajstić information content (AvgIpc) is 2.47. The second-order valence-corrected chi connectivity index (χ2v) is 8.44. The molecule has 0 aromatic rings. The first-order valence-electron chi connectivity index (χ1n) is 9.20. The molecule has 0 aromatic carbocycles. The molecule has 4 unspecified atom stereocenters. The molecule has 122 valence electrons. The Labute approximate surface area is 130 Å². The molecular formula is C18H34N2O. The molecule has 3 heteroatoms. The summed E-state index contributed by atoms with van der Waals surface area (Å²) in [6.07, 6.45) is 11.1. The van der Waals surface area contributed by atoms with Gasteiger partial charge >= 0.3 is 0 Å². The number of nitrogens with zero attached hydrogens (tertiary/aromatic N) is 1. The van der Waals surface area contributed by atoms with Crippen molar-refractivity contribution < 1.29 is 5.11 Å². The van der Waals surface area contributed by atoms with E-state index in [0.717, 1.165) is 38.4 Å². The lowest BCUT2D eigenvalue weighted by molar-refractivity contribution is -0.102. The summed E-state index contributed by atoms with van der Waals surface area (Å²) in [5, 5.41) is 10.8. The zero-order valence-electron chi connectivity index (χ0n) is 13.8. The maximum atomic E-state index is 10.8. The van der Waals surface area contributed by atoms with Gasteiger partial charge < -0.3 is 15.7 Å². The second kappa shape index (κ2) is 6.17. The third-order valence-electron chi connectivity index (χ3n) is 6.69. The van der Waals surface area contributed by atoms with Crippen LogP contribution in [0.3, 0.4) is 0 Å². The van der Waals surface area contributed by atoms with Gasteiger partial charge in [0.1, 0.15) is 0 Å². The van der Waals surface area contributed by atoms with E-state index >= 15 is 0 Å². The predicted octanol–water partition coefficient (Wildman–Crippen LogP) is 2.77. The largest absolute Gasteiger partial charge is 0.390 e. The number of fused-ring (bicyclic) bond motifs is 1. The quantitative estimate of drug-likeness (QED) is 0.841. The molecular weight excluding hydrogens is 260 g/mol. The molecule has 1 heterocycles. The maximum Gasteiger partial charge on any atom is 0.0700 e. The minimum Gasteiger partial charge on any atom is -0.390 e. The molecule has 2 aliphatic carbocycles. The van der Waals surface area contributed by atoms with Crippen molar-refractivity contribution in [1.82, 2.24) is 4.90 Å². The van der Waals surface area contributed by atoms with Crippen LogP contribution >= 0.6 is 0 Å². The van der Waals surface area contributed by atoms with Gasteiger partial charge in [-0.1, -0.05) is 32.6 Å². The maximum absolute atomic E-state index is 10.8. The van der Waals surface area contributed by atoms with Crippen molar-refractivity contribution in [2.24, 2.45) is 23.0 Å². The molecule has 0 bridgehead atoms. The third kappa shape index (κ3) is 3.30. The summed E-state index contributed by atoms with van der Waals surface area (Å²) in [6, 6.07) is 0. The van der Waals surface area contributed by atoms with Gasteiger partial charge in [0.15, 0.2) is 0 Å². The zero-order chi connectivity index (χ0) is 14.9. The van der Waals surface area contributed by atoms with Crippen molar-refractivity contribution >= 4 is 0 Å². The summed E-state index contributed by atoms with van der Waals surface area (Å²) in [5.41, 5.74) is 6.21. The van der Waals surface area contributed by atoms with Gasteiger partial charge in [0.05, 0.1) is 5.60 Å². The van der Waals surface area contributed by atoms with Crippen LogP contribution in [0.25, 0.3) is 0 Å². The third-order valence-corrected chi connectivity index (χ3v) is 6.69. The highest BCUT2D eigenvalue weighted by Crippen LogP contribution is 2.43. The lowest BCUT2D eigenvalue weighted by atomic mass is 9.68. The minimum atomic E-state index is -0.343. The van der Waals surface area contributed by atoms with E-state index in [9.17, 15) is 5.11 Å². The fourth-order valence-electron chi connectivity index (χ4n) is 5.42. The molecule has 3 nitrogen and oxygen atoms in total. The van der Waals surface area contributed by atoms with Crippen LogP contribution in [0.5, 0.6) is 0 Å². The van der Waals surface area contributed by atoms with Crippen LogP contribution in [-0.4, -0.2) is 41.8 Å². The molecule has 2 saturated carbocycles. The fraction of sp³-hybridized carbons (Fsp3) is 1.00. The first kappa shape index (κ1) is 15.8. The summed E-state index contributed by atoms with van der Waals surface area (Å²) in [6.45, 7) is 6.57. The molecule has 0 aromatic heterocycles. The normalized spacial score (nSPS) is 45.3. The highest BCUT2D eigenvalue weighted by atomic mass is 16.3. The smallest absolute Gasteiger partial charge is 0.0700 e. The monoisotopic (exact) mass is 294 g/mol. The number of piperidine rings is 1. The van der Waals surface area contributed by atoms with Crippen molar-refractivity contribution in [1.29, 1.82) is 0 Å². The van der Waals surface area contributed by atoms with E-state index in [2.05, 4.69) is 11.8 Å². The van der Waals surface area contributed by atoms with Crippen LogP contribution in [0, 0.1) is 17.3 Å². The Hall–Kier alpha value is -0.120. The van der Waals surface area contributed by atoms with Gasteiger partial charge in [-0.15, -0.1) is 0 Å². The van der Waals surface area contributed by atoms with Gasteiger partial charge in [-0.25, -0.2) is 0 Å². The van der Waals surface area contributed by atoms with Gasteiger partial charge in [-0.05, 0) is 50.0 Å². The van der Waals surface area contributed by atoms with Crippen molar-refractivity contribution in [3.8, 4) is 0 Å². The van der Waals surface area contributed by atoms with E-state index in [0.29, 0.717) is 11.3 Å². The molecule has 0 amide bonds. The summed E-state index contributed by atoms with van der Waals surface area (Å²) < 4.78 is 0. The molecule has 0 spiro atoms. The summed E-state index contributed by atoms with van der Waals surface area (Å²) >= 11 is 0. The molecule has 4 atom stereocenters. The Kier molecular flexibility index (Phi) is 4.63. The number of nitrogens with two attached hydrogens (primary N) is 1. The predicted molar refractivity (Wildman–Crippen MR) is 87.1 cm³/mol. The van der Waals surface area contributed by atoms with E-state index in [1.165, 1.54) is 51.5 Å². The summed E-state index contributed by atoms with van der Waals surface area (Å²) in [5.74, 6) is 1.34. The van der Waals surface area contributed by atoms with E-state index in [1.54, 1.807) is 0 Å².